The Morgan fingerprint density at radius 1 is 0.625 bits per heavy atom. The predicted molar refractivity (Wildman–Crippen MR) is 117 cm³/mol. The lowest BCUT2D eigenvalue weighted by atomic mass is 10.0. The van der Waals surface area contributed by atoms with Crippen LogP contribution in [-0.4, -0.2) is 54.6 Å². The van der Waals surface area contributed by atoms with Gasteiger partial charge in [-0.05, 0) is 19.3 Å². The molecule has 0 aliphatic heterocycles. The van der Waals surface area contributed by atoms with Crippen LogP contribution in [-0.2, 0) is 28.8 Å². The largest absolute Gasteiger partial charge is 0.357 e. The maximum absolute atomic E-state index is 12.4. The first-order valence-electron chi connectivity index (χ1n) is 9.60. The summed E-state index contributed by atoms with van der Waals surface area (Å²) in [7, 11) is 1.39. The monoisotopic (exact) mass is 516 g/mol. The van der Waals surface area contributed by atoms with E-state index in [9.17, 15) is 28.8 Å². The van der Waals surface area contributed by atoms with Gasteiger partial charge in [0.2, 0.25) is 29.5 Å². The molecule has 0 spiro atoms. The summed E-state index contributed by atoms with van der Waals surface area (Å²) in [6, 6.07) is -2.02. The van der Waals surface area contributed by atoms with Gasteiger partial charge in [-0.3, -0.25) is 43.3 Å². The Labute approximate surface area is 200 Å². The molecule has 6 amide bonds. The standard InChI is InChI=1S/C17H27Cl3N6O6/c1-9(15(30)23-11(17(32)26-20)5-8-14(29)25-19)3-6-12(27)22-10(16(31)21-2)4-7-13(28)24-18/h9-11H,3-8H2,1-2H3,(H,21,31)(H,22,27)(H,23,30)(H,24,28)(H,25,29)(H,26,32). The van der Waals surface area contributed by atoms with Gasteiger partial charge in [0.1, 0.15) is 12.1 Å². The van der Waals surface area contributed by atoms with Crippen molar-refractivity contribution in [3.63, 3.8) is 0 Å². The molecule has 0 aromatic heterocycles. The van der Waals surface area contributed by atoms with E-state index in [0.29, 0.717) is 0 Å². The summed E-state index contributed by atoms with van der Waals surface area (Å²) in [4.78, 5) is 76.5. The van der Waals surface area contributed by atoms with Gasteiger partial charge in [-0.1, -0.05) is 6.92 Å². The van der Waals surface area contributed by atoms with Crippen LogP contribution in [0, 0.1) is 5.92 Å². The zero-order chi connectivity index (χ0) is 24.7. The van der Waals surface area contributed by atoms with Crippen LogP contribution in [0.1, 0.15) is 45.4 Å². The van der Waals surface area contributed by atoms with Crippen molar-refractivity contribution >= 4 is 70.8 Å². The van der Waals surface area contributed by atoms with Crippen molar-refractivity contribution in [2.75, 3.05) is 7.05 Å². The molecule has 3 unspecified atom stereocenters. The van der Waals surface area contributed by atoms with Crippen LogP contribution in [0.2, 0.25) is 0 Å². The van der Waals surface area contributed by atoms with Gasteiger partial charge >= 0.3 is 0 Å². The highest BCUT2D eigenvalue weighted by molar-refractivity contribution is 6.22. The molecule has 3 atom stereocenters. The molecule has 12 nitrogen and oxygen atoms in total. The quantitative estimate of drug-likeness (QED) is 0.169. The lowest BCUT2D eigenvalue weighted by Gasteiger charge is -2.20. The fourth-order valence-electron chi connectivity index (χ4n) is 2.48. The Kier molecular flexibility index (Phi) is 15.2. The Hall–Kier alpha value is -2.31. The average molecular weight is 518 g/mol. The molecule has 0 rings (SSSR count). The molecule has 0 aromatic rings. The molecule has 0 aliphatic carbocycles. The molecule has 182 valence electrons. The minimum Gasteiger partial charge on any atom is -0.357 e. The summed E-state index contributed by atoms with van der Waals surface area (Å²) >= 11 is 15.7. The number of carbonyl (C=O) groups excluding carboxylic acids is 6. The minimum absolute atomic E-state index is 0.0328. The van der Waals surface area contributed by atoms with E-state index in [-0.39, 0.29) is 38.5 Å². The maximum Gasteiger partial charge on any atom is 0.256 e. The van der Waals surface area contributed by atoms with Crippen LogP contribution in [0.4, 0.5) is 0 Å². The van der Waals surface area contributed by atoms with Crippen LogP contribution in [0.3, 0.4) is 0 Å². The van der Waals surface area contributed by atoms with E-state index < -0.39 is 53.4 Å². The number of halogens is 3. The fraction of sp³-hybridized carbons (Fsp3) is 0.647. The molecule has 0 saturated carbocycles. The first-order valence-corrected chi connectivity index (χ1v) is 10.7. The Bertz CT molecular complexity index is 696. The molecule has 0 saturated heterocycles. The van der Waals surface area contributed by atoms with Crippen molar-refractivity contribution in [2.24, 2.45) is 5.92 Å². The third kappa shape index (κ3) is 11.9. The van der Waals surface area contributed by atoms with Crippen molar-refractivity contribution < 1.29 is 28.8 Å². The van der Waals surface area contributed by atoms with E-state index in [2.05, 4.69) is 16.0 Å². The molecule has 0 aliphatic rings. The summed E-state index contributed by atoms with van der Waals surface area (Å²) < 4.78 is 0. The minimum atomic E-state index is -1.07. The topological polar surface area (TPSA) is 175 Å². The summed E-state index contributed by atoms with van der Waals surface area (Å²) in [6.45, 7) is 1.55. The molecule has 6 N–H and O–H groups in total. The molecule has 32 heavy (non-hydrogen) atoms. The summed E-state index contributed by atoms with van der Waals surface area (Å²) in [5, 5.41) is 7.36. The molecule has 0 radical (unpaired) electrons. The zero-order valence-electron chi connectivity index (χ0n) is 17.6. The van der Waals surface area contributed by atoms with E-state index in [0.717, 1.165) is 0 Å². The lowest BCUT2D eigenvalue weighted by Crippen LogP contribution is -2.47. The van der Waals surface area contributed by atoms with Crippen LogP contribution < -0.4 is 30.5 Å². The molecular weight excluding hydrogens is 491 g/mol. The third-order valence-electron chi connectivity index (χ3n) is 4.41. The summed E-state index contributed by atoms with van der Waals surface area (Å²) in [5.74, 6) is -3.93. The highest BCUT2D eigenvalue weighted by Crippen LogP contribution is 2.09. The van der Waals surface area contributed by atoms with Crippen LogP contribution in [0.25, 0.3) is 0 Å². The van der Waals surface area contributed by atoms with Crippen molar-refractivity contribution in [3.05, 3.63) is 0 Å². The van der Waals surface area contributed by atoms with Gasteiger partial charge < -0.3 is 16.0 Å². The van der Waals surface area contributed by atoms with E-state index in [4.69, 9.17) is 35.3 Å². The van der Waals surface area contributed by atoms with Gasteiger partial charge in [-0.2, -0.15) is 0 Å². The van der Waals surface area contributed by atoms with Gasteiger partial charge in [-0.15, -0.1) is 0 Å². The molecule has 0 aromatic carbocycles. The van der Waals surface area contributed by atoms with E-state index in [1.165, 1.54) is 7.05 Å². The normalized spacial score (nSPS) is 13.0. The van der Waals surface area contributed by atoms with Crippen LogP contribution in [0.5, 0.6) is 0 Å². The Morgan fingerprint density at radius 2 is 1.09 bits per heavy atom. The maximum atomic E-state index is 12.4. The number of nitrogens with one attached hydrogen (secondary N) is 6. The molecule has 0 bridgehead atoms. The summed E-state index contributed by atoms with van der Waals surface area (Å²) in [6.07, 6.45) is -0.196. The number of hydrogen-bond acceptors (Lipinski definition) is 6. The smallest absolute Gasteiger partial charge is 0.256 e. The van der Waals surface area contributed by atoms with Crippen LogP contribution in [0.15, 0.2) is 0 Å². The van der Waals surface area contributed by atoms with Gasteiger partial charge in [0.25, 0.3) is 5.91 Å². The Morgan fingerprint density at radius 3 is 1.53 bits per heavy atom. The predicted octanol–water partition coefficient (Wildman–Crippen LogP) is -0.511. The number of carbonyl (C=O) groups is 6. The van der Waals surface area contributed by atoms with E-state index in [1.54, 1.807) is 6.92 Å². The number of rotatable bonds is 14. The van der Waals surface area contributed by atoms with Gasteiger partial charge in [0.15, 0.2) is 0 Å². The lowest BCUT2D eigenvalue weighted by molar-refractivity contribution is -0.132. The fourth-order valence-corrected chi connectivity index (χ4v) is 2.80. The van der Waals surface area contributed by atoms with Crippen molar-refractivity contribution in [2.45, 2.75) is 57.5 Å². The SMILES string of the molecule is CNC(=O)C(CCC(=O)NCl)NC(=O)CCC(C)C(=O)NC(CCC(=O)NCl)C(=O)NCl. The van der Waals surface area contributed by atoms with Gasteiger partial charge in [-0.25, -0.2) is 0 Å². The first-order chi connectivity index (χ1) is 15.1. The number of hydrogen-bond donors (Lipinski definition) is 6. The van der Waals surface area contributed by atoms with Crippen LogP contribution >= 0.6 is 35.3 Å². The van der Waals surface area contributed by atoms with Gasteiger partial charge in [0, 0.05) is 67.6 Å². The highest BCUT2D eigenvalue weighted by atomic mass is 35.5. The second kappa shape index (κ2) is 16.3. The van der Waals surface area contributed by atoms with E-state index >= 15 is 0 Å². The highest BCUT2D eigenvalue weighted by Gasteiger charge is 2.25. The van der Waals surface area contributed by atoms with Crippen molar-refractivity contribution in [3.8, 4) is 0 Å². The second-order valence-corrected chi connectivity index (χ2v) is 7.37. The van der Waals surface area contributed by atoms with Gasteiger partial charge in [0.05, 0.1) is 0 Å². The van der Waals surface area contributed by atoms with E-state index in [1.807, 2.05) is 14.5 Å². The van der Waals surface area contributed by atoms with Crippen molar-refractivity contribution in [1.82, 2.24) is 30.5 Å². The molecular formula is C17H27Cl3N6O6. The second-order valence-electron chi connectivity index (χ2n) is 6.81. The third-order valence-corrected chi connectivity index (χ3v) is 5.01. The summed E-state index contributed by atoms with van der Waals surface area (Å²) in [5.41, 5.74) is 0. The van der Waals surface area contributed by atoms with Crippen molar-refractivity contribution in [1.29, 1.82) is 0 Å². The number of amides is 6. The molecule has 15 heteroatoms. The molecule has 0 heterocycles. The number of likely N-dealkylation sites (N-methyl/N-ethyl adjacent to an activating group) is 1. The average Bonchev–Trinajstić information content (AvgIpc) is 2.80. The first kappa shape index (κ1) is 29.7. The molecule has 0 fully saturated rings. The Balaban J connectivity index is 4.75. The zero-order valence-corrected chi connectivity index (χ0v) is 19.8.